The molecule has 0 spiro atoms. The highest BCUT2D eigenvalue weighted by atomic mass is 16.2. The van der Waals surface area contributed by atoms with Crippen LogP contribution in [0.4, 0.5) is 0 Å². The van der Waals surface area contributed by atoms with Crippen LogP contribution in [-0.2, 0) is 4.79 Å². The second kappa shape index (κ2) is 7.44. The molecule has 1 heterocycles. The lowest BCUT2D eigenvalue weighted by atomic mass is 9.78. The van der Waals surface area contributed by atoms with E-state index in [-0.39, 0.29) is 5.92 Å². The van der Waals surface area contributed by atoms with Gasteiger partial charge in [0.2, 0.25) is 5.91 Å². The number of likely N-dealkylation sites (tertiary alicyclic amines) is 1. The van der Waals surface area contributed by atoms with Crippen LogP contribution in [0.1, 0.15) is 58.8 Å². The largest absolute Gasteiger partial charge is 0.342 e. The number of carbonyl (C=O) groups is 1. The molecule has 2 fully saturated rings. The van der Waals surface area contributed by atoms with E-state index >= 15 is 0 Å². The van der Waals surface area contributed by atoms with Crippen LogP contribution in [0.15, 0.2) is 0 Å². The zero-order valence-electron chi connectivity index (χ0n) is 13.3. The molecule has 1 saturated carbocycles. The molecule has 2 atom stereocenters. The molecular formula is C17H32N2O. The smallest absolute Gasteiger partial charge is 0.225 e. The Balaban J connectivity index is 1.82. The molecule has 1 saturated heterocycles. The van der Waals surface area contributed by atoms with Gasteiger partial charge in [0.15, 0.2) is 0 Å². The molecule has 3 nitrogen and oxygen atoms in total. The summed E-state index contributed by atoms with van der Waals surface area (Å²) < 4.78 is 0. The zero-order chi connectivity index (χ0) is 14.5. The molecule has 0 aromatic carbocycles. The Morgan fingerprint density at radius 2 is 1.90 bits per heavy atom. The highest BCUT2D eigenvalue weighted by molar-refractivity contribution is 5.79. The maximum absolute atomic E-state index is 12.7. The minimum atomic E-state index is 0.288. The fraction of sp³-hybridized carbons (Fsp3) is 0.941. The molecule has 2 aliphatic rings. The van der Waals surface area contributed by atoms with E-state index in [1.165, 1.54) is 25.7 Å². The molecule has 1 amide bonds. The number of nitrogens with two attached hydrogens (primary N) is 1. The van der Waals surface area contributed by atoms with Crippen molar-refractivity contribution in [2.24, 2.45) is 29.4 Å². The molecule has 20 heavy (non-hydrogen) atoms. The van der Waals surface area contributed by atoms with Crippen LogP contribution < -0.4 is 5.73 Å². The fourth-order valence-corrected chi connectivity index (χ4v) is 4.06. The lowest BCUT2D eigenvalue weighted by Crippen LogP contribution is -2.43. The first-order valence-electron chi connectivity index (χ1n) is 8.60. The lowest BCUT2D eigenvalue weighted by molar-refractivity contribution is -0.138. The van der Waals surface area contributed by atoms with Gasteiger partial charge in [0.05, 0.1) is 0 Å². The second-order valence-corrected chi connectivity index (χ2v) is 7.21. The van der Waals surface area contributed by atoms with Gasteiger partial charge in [-0.05, 0) is 56.4 Å². The average Bonchev–Trinajstić information content (AvgIpc) is 2.47. The number of amides is 1. The quantitative estimate of drug-likeness (QED) is 0.860. The highest BCUT2D eigenvalue weighted by Gasteiger charge is 2.32. The molecule has 1 aliphatic heterocycles. The molecule has 2 unspecified atom stereocenters. The number of carbonyl (C=O) groups excluding carboxylic acids is 1. The van der Waals surface area contributed by atoms with Crippen molar-refractivity contribution in [2.45, 2.75) is 58.8 Å². The van der Waals surface area contributed by atoms with Crippen molar-refractivity contribution in [1.29, 1.82) is 0 Å². The maximum atomic E-state index is 12.7. The minimum Gasteiger partial charge on any atom is -0.342 e. The van der Waals surface area contributed by atoms with Crippen LogP contribution in [-0.4, -0.2) is 30.4 Å². The normalized spacial score (nSPS) is 28.9. The van der Waals surface area contributed by atoms with Gasteiger partial charge in [-0.25, -0.2) is 0 Å². The SMILES string of the molecule is CC(C)C1CCN(C(=O)C2CCCC(CCN)C2)CC1. The number of nitrogens with zero attached hydrogens (tertiary/aromatic N) is 1. The van der Waals surface area contributed by atoms with Crippen molar-refractivity contribution in [1.82, 2.24) is 4.90 Å². The minimum absolute atomic E-state index is 0.288. The number of hydrogen-bond donors (Lipinski definition) is 1. The standard InChI is InChI=1S/C17H32N2O/c1-13(2)15-7-10-19(11-8-15)17(20)16-5-3-4-14(12-16)6-9-18/h13-16H,3-12,18H2,1-2H3. The van der Waals surface area contributed by atoms with Gasteiger partial charge in [-0.1, -0.05) is 26.7 Å². The average molecular weight is 280 g/mol. The fourth-order valence-electron chi connectivity index (χ4n) is 4.06. The number of hydrogen-bond acceptors (Lipinski definition) is 2. The summed E-state index contributed by atoms with van der Waals surface area (Å²) in [5, 5.41) is 0. The molecule has 0 bridgehead atoms. The van der Waals surface area contributed by atoms with Crippen LogP contribution in [0.5, 0.6) is 0 Å². The Labute approximate surface area is 124 Å². The van der Waals surface area contributed by atoms with Crippen molar-refractivity contribution >= 4 is 5.91 Å². The Bertz CT molecular complexity index is 306. The molecule has 0 aromatic heterocycles. The third kappa shape index (κ3) is 3.97. The summed E-state index contributed by atoms with van der Waals surface area (Å²) in [5.74, 6) is 2.99. The predicted octanol–water partition coefficient (Wildman–Crippen LogP) is 3.04. The molecule has 2 N–H and O–H groups in total. The van der Waals surface area contributed by atoms with Gasteiger partial charge in [0.25, 0.3) is 0 Å². The summed E-state index contributed by atoms with van der Waals surface area (Å²) in [6.45, 7) is 7.35. The van der Waals surface area contributed by atoms with Crippen molar-refractivity contribution in [3.05, 3.63) is 0 Å². The van der Waals surface area contributed by atoms with E-state index in [4.69, 9.17) is 5.73 Å². The van der Waals surface area contributed by atoms with Gasteiger partial charge in [-0.2, -0.15) is 0 Å². The van der Waals surface area contributed by atoms with Crippen molar-refractivity contribution in [3.63, 3.8) is 0 Å². The van der Waals surface area contributed by atoms with Crippen LogP contribution in [0, 0.1) is 23.7 Å². The Kier molecular flexibility index (Phi) is 5.88. The van der Waals surface area contributed by atoms with E-state index in [0.29, 0.717) is 11.8 Å². The van der Waals surface area contributed by atoms with Gasteiger partial charge in [0.1, 0.15) is 0 Å². The van der Waals surface area contributed by atoms with Gasteiger partial charge in [0, 0.05) is 19.0 Å². The molecule has 0 radical (unpaired) electrons. The molecule has 2 rings (SSSR count). The molecule has 1 aliphatic carbocycles. The predicted molar refractivity (Wildman–Crippen MR) is 83.3 cm³/mol. The molecule has 116 valence electrons. The summed E-state index contributed by atoms with van der Waals surface area (Å²) in [6.07, 6.45) is 8.16. The van der Waals surface area contributed by atoms with Gasteiger partial charge in [-0.15, -0.1) is 0 Å². The van der Waals surface area contributed by atoms with Gasteiger partial charge in [-0.3, -0.25) is 4.79 Å². The van der Waals surface area contributed by atoms with Crippen LogP contribution in [0.25, 0.3) is 0 Å². The molecular weight excluding hydrogens is 248 g/mol. The second-order valence-electron chi connectivity index (χ2n) is 7.21. The van der Waals surface area contributed by atoms with Crippen LogP contribution in [0.3, 0.4) is 0 Å². The number of rotatable bonds is 4. The van der Waals surface area contributed by atoms with E-state index in [0.717, 1.165) is 50.7 Å². The van der Waals surface area contributed by atoms with Crippen molar-refractivity contribution < 1.29 is 4.79 Å². The Morgan fingerprint density at radius 3 is 2.50 bits per heavy atom. The molecule has 3 heteroatoms. The third-order valence-electron chi connectivity index (χ3n) is 5.50. The lowest BCUT2D eigenvalue weighted by Gasteiger charge is -2.37. The molecule has 0 aromatic rings. The first-order valence-corrected chi connectivity index (χ1v) is 8.60. The van der Waals surface area contributed by atoms with Crippen molar-refractivity contribution in [2.75, 3.05) is 19.6 Å². The van der Waals surface area contributed by atoms with E-state index in [2.05, 4.69) is 18.7 Å². The zero-order valence-corrected chi connectivity index (χ0v) is 13.3. The van der Waals surface area contributed by atoms with E-state index in [1.807, 2.05) is 0 Å². The first kappa shape index (κ1) is 15.8. The van der Waals surface area contributed by atoms with Gasteiger partial charge < -0.3 is 10.6 Å². The summed E-state index contributed by atoms with van der Waals surface area (Å²) in [5.41, 5.74) is 5.67. The summed E-state index contributed by atoms with van der Waals surface area (Å²) >= 11 is 0. The van der Waals surface area contributed by atoms with Crippen molar-refractivity contribution in [3.8, 4) is 0 Å². The third-order valence-corrected chi connectivity index (χ3v) is 5.50. The highest BCUT2D eigenvalue weighted by Crippen LogP contribution is 2.33. The summed E-state index contributed by atoms with van der Waals surface area (Å²) in [7, 11) is 0. The van der Waals surface area contributed by atoms with Gasteiger partial charge >= 0.3 is 0 Å². The number of piperidine rings is 1. The van der Waals surface area contributed by atoms with E-state index in [1.54, 1.807) is 0 Å². The van der Waals surface area contributed by atoms with E-state index in [9.17, 15) is 4.79 Å². The Morgan fingerprint density at radius 1 is 1.20 bits per heavy atom. The monoisotopic (exact) mass is 280 g/mol. The van der Waals surface area contributed by atoms with E-state index < -0.39 is 0 Å². The first-order chi connectivity index (χ1) is 9.61. The summed E-state index contributed by atoms with van der Waals surface area (Å²) in [4.78, 5) is 14.8. The maximum Gasteiger partial charge on any atom is 0.225 e. The van der Waals surface area contributed by atoms with Crippen LogP contribution >= 0.6 is 0 Å². The van der Waals surface area contributed by atoms with Crippen LogP contribution in [0.2, 0.25) is 0 Å². The Hall–Kier alpha value is -0.570. The summed E-state index contributed by atoms with van der Waals surface area (Å²) in [6, 6.07) is 0. The topological polar surface area (TPSA) is 46.3 Å².